The molecule has 3 amide bonds. The molecule has 1 saturated heterocycles. The number of imide groups is 1. The summed E-state index contributed by atoms with van der Waals surface area (Å²) >= 11 is 0. The van der Waals surface area contributed by atoms with E-state index >= 15 is 0 Å². The van der Waals surface area contributed by atoms with Gasteiger partial charge < -0.3 is 15.1 Å². The quantitative estimate of drug-likeness (QED) is 0.611. The molecule has 178 valence electrons. The van der Waals surface area contributed by atoms with E-state index in [-0.39, 0.29) is 34.7 Å². The number of hydrogen-bond acceptors (Lipinski definition) is 5. The van der Waals surface area contributed by atoms with Crippen LogP contribution in [0.1, 0.15) is 43.9 Å². The molecule has 2 aliphatic heterocycles. The number of fused-ring (bicyclic) bond motifs is 1. The minimum atomic E-state index is -4.51. The summed E-state index contributed by atoms with van der Waals surface area (Å²) in [6.07, 6.45) is -4.45. The fourth-order valence-corrected chi connectivity index (χ4v) is 5.12. The number of rotatable bonds is 2. The number of carbonyl (C=O) groups excluding carboxylic acids is 3. The van der Waals surface area contributed by atoms with Crippen molar-refractivity contribution in [1.82, 2.24) is 16.0 Å². The Morgan fingerprint density at radius 2 is 1.79 bits per heavy atom. The van der Waals surface area contributed by atoms with Gasteiger partial charge >= 0.3 is 12.2 Å². The summed E-state index contributed by atoms with van der Waals surface area (Å²) in [6, 6.07) is 7.20. The van der Waals surface area contributed by atoms with Gasteiger partial charge in [0.1, 0.15) is 17.7 Å². The van der Waals surface area contributed by atoms with Crippen molar-refractivity contribution in [2.24, 2.45) is 11.3 Å². The van der Waals surface area contributed by atoms with E-state index in [2.05, 4.69) is 16.0 Å². The topological polar surface area (TPSA) is 100 Å². The molecule has 3 aliphatic rings. The van der Waals surface area contributed by atoms with Crippen molar-refractivity contribution < 1.29 is 32.0 Å². The molecule has 3 unspecified atom stereocenters. The van der Waals surface area contributed by atoms with Gasteiger partial charge in [0.2, 0.25) is 5.91 Å². The van der Waals surface area contributed by atoms with Crippen molar-refractivity contribution in [3.63, 3.8) is 0 Å². The smallest absolute Gasteiger partial charge is 0.416 e. The lowest BCUT2D eigenvalue weighted by Crippen LogP contribution is -2.66. The van der Waals surface area contributed by atoms with Gasteiger partial charge in [-0.2, -0.15) is 13.2 Å². The van der Waals surface area contributed by atoms with E-state index in [4.69, 9.17) is 4.42 Å². The van der Waals surface area contributed by atoms with Gasteiger partial charge in [-0.15, -0.1) is 0 Å². The third-order valence-corrected chi connectivity index (χ3v) is 6.51. The molecule has 10 heteroatoms. The first-order chi connectivity index (χ1) is 15.9. The second kappa shape index (κ2) is 7.48. The Morgan fingerprint density at radius 3 is 2.53 bits per heavy atom. The van der Waals surface area contributed by atoms with Crippen LogP contribution in [-0.4, -0.2) is 23.9 Å². The summed E-state index contributed by atoms with van der Waals surface area (Å²) in [7, 11) is 0. The fourth-order valence-electron chi connectivity index (χ4n) is 5.12. The van der Waals surface area contributed by atoms with Crippen LogP contribution in [0, 0.1) is 11.3 Å². The number of ketones is 1. The normalized spacial score (nSPS) is 26.3. The van der Waals surface area contributed by atoms with Gasteiger partial charge in [0, 0.05) is 23.3 Å². The number of furan rings is 1. The molecule has 1 aromatic carbocycles. The minimum Gasteiger partial charge on any atom is -0.460 e. The summed E-state index contributed by atoms with van der Waals surface area (Å²) in [4.78, 5) is 38.0. The lowest BCUT2D eigenvalue weighted by Gasteiger charge is -2.46. The van der Waals surface area contributed by atoms with Crippen LogP contribution in [0.2, 0.25) is 0 Å². The number of alkyl halides is 3. The molecule has 2 aromatic rings. The molecule has 3 heterocycles. The zero-order valence-corrected chi connectivity index (χ0v) is 18.4. The molecule has 0 radical (unpaired) electrons. The van der Waals surface area contributed by atoms with Crippen molar-refractivity contribution in [3.05, 3.63) is 59.0 Å². The Kier molecular flexibility index (Phi) is 4.89. The highest BCUT2D eigenvalue weighted by atomic mass is 19.4. The molecule has 0 spiro atoms. The molecule has 3 atom stereocenters. The van der Waals surface area contributed by atoms with Crippen LogP contribution in [0.5, 0.6) is 0 Å². The van der Waals surface area contributed by atoms with E-state index in [9.17, 15) is 27.6 Å². The summed E-state index contributed by atoms with van der Waals surface area (Å²) in [5.41, 5.74) is 0.150. The molecule has 1 aromatic heterocycles. The van der Waals surface area contributed by atoms with Crippen molar-refractivity contribution in [1.29, 1.82) is 0 Å². The van der Waals surface area contributed by atoms with Crippen LogP contribution in [0.25, 0.3) is 11.3 Å². The van der Waals surface area contributed by atoms with E-state index in [1.54, 1.807) is 6.07 Å². The minimum absolute atomic E-state index is 0.135. The third-order valence-electron chi connectivity index (χ3n) is 6.51. The van der Waals surface area contributed by atoms with Crippen LogP contribution in [-0.2, 0) is 15.8 Å². The van der Waals surface area contributed by atoms with Gasteiger partial charge in [0.25, 0.3) is 0 Å². The highest BCUT2D eigenvalue weighted by Gasteiger charge is 2.52. The maximum Gasteiger partial charge on any atom is 0.416 e. The number of carbonyl (C=O) groups is 3. The molecule has 0 saturated carbocycles. The average molecular weight is 473 g/mol. The molecule has 1 aliphatic carbocycles. The first-order valence-corrected chi connectivity index (χ1v) is 10.8. The van der Waals surface area contributed by atoms with Crippen LogP contribution >= 0.6 is 0 Å². The Morgan fingerprint density at radius 1 is 1.03 bits per heavy atom. The first-order valence-electron chi connectivity index (χ1n) is 10.8. The van der Waals surface area contributed by atoms with Gasteiger partial charge in [-0.3, -0.25) is 14.9 Å². The maximum absolute atomic E-state index is 13.2. The van der Waals surface area contributed by atoms with Crippen LogP contribution < -0.4 is 16.0 Å². The molecule has 7 nitrogen and oxygen atoms in total. The summed E-state index contributed by atoms with van der Waals surface area (Å²) in [5, 5.41) is 8.10. The molecular formula is C24H22F3N3O4. The van der Waals surface area contributed by atoms with Crippen LogP contribution in [0.3, 0.4) is 0 Å². The van der Waals surface area contributed by atoms with E-state index < -0.39 is 41.7 Å². The van der Waals surface area contributed by atoms with Gasteiger partial charge in [-0.25, -0.2) is 4.79 Å². The highest BCUT2D eigenvalue weighted by Crippen LogP contribution is 2.48. The van der Waals surface area contributed by atoms with E-state index in [1.807, 2.05) is 13.8 Å². The fraction of sp³-hybridized carbons (Fsp3) is 0.375. The number of Topliss-reactive ketones (excluding diaryl/α,β-unsaturated/α-hetero) is 1. The predicted octanol–water partition coefficient (Wildman–Crippen LogP) is 4.08. The molecule has 0 bridgehead atoms. The van der Waals surface area contributed by atoms with Gasteiger partial charge in [-0.1, -0.05) is 26.0 Å². The summed E-state index contributed by atoms with van der Waals surface area (Å²) in [5.74, 6) is -1.92. The third kappa shape index (κ3) is 3.76. The largest absolute Gasteiger partial charge is 0.460 e. The molecular weight excluding hydrogens is 451 g/mol. The molecule has 1 fully saturated rings. The summed E-state index contributed by atoms with van der Waals surface area (Å²) in [6.45, 7) is 3.92. The second-order valence-corrected chi connectivity index (χ2v) is 9.70. The zero-order valence-electron chi connectivity index (χ0n) is 18.4. The average Bonchev–Trinajstić information content (AvgIpc) is 3.20. The Labute approximate surface area is 192 Å². The molecule has 34 heavy (non-hydrogen) atoms. The van der Waals surface area contributed by atoms with Gasteiger partial charge in [0.05, 0.1) is 17.4 Å². The number of hydrogen-bond donors (Lipinski definition) is 3. The maximum atomic E-state index is 13.2. The zero-order chi connectivity index (χ0) is 24.4. The van der Waals surface area contributed by atoms with Crippen molar-refractivity contribution >= 4 is 17.7 Å². The monoisotopic (exact) mass is 473 g/mol. The number of halogens is 3. The first kappa shape index (κ1) is 22.2. The summed E-state index contributed by atoms with van der Waals surface area (Å²) < 4.78 is 45.5. The number of allylic oxidation sites excluding steroid dienone is 2. The van der Waals surface area contributed by atoms with Crippen LogP contribution in [0.15, 0.2) is 52.1 Å². The van der Waals surface area contributed by atoms with E-state index in [1.165, 1.54) is 18.2 Å². The van der Waals surface area contributed by atoms with Gasteiger partial charge in [-0.05, 0) is 36.1 Å². The number of amides is 3. The number of urea groups is 1. The Hall–Kier alpha value is -3.56. The lowest BCUT2D eigenvalue weighted by atomic mass is 9.67. The number of benzene rings is 1. The van der Waals surface area contributed by atoms with Crippen molar-refractivity contribution in [3.8, 4) is 11.3 Å². The van der Waals surface area contributed by atoms with Gasteiger partial charge in [0.15, 0.2) is 5.78 Å². The second-order valence-electron chi connectivity index (χ2n) is 9.70. The lowest BCUT2D eigenvalue weighted by molar-refractivity contribution is -0.137. The Bertz CT molecular complexity index is 1240. The molecule has 5 rings (SSSR count). The van der Waals surface area contributed by atoms with E-state index in [0.29, 0.717) is 17.7 Å². The predicted molar refractivity (Wildman–Crippen MR) is 114 cm³/mol. The van der Waals surface area contributed by atoms with Crippen molar-refractivity contribution in [2.45, 2.75) is 44.9 Å². The number of nitrogens with one attached hydrogen (secondary N) is 3. The van der Waals surface area contributed by atoms with Crippen molar-refractivity contribution in [2.75, 3.05) is 0 Å². The highest BCUT2D eigenvalue weighted by molar-refractivity contribution is 6.03. The molecule has 3 N–H and O–H groups in total. The Balaban J connectivity index is 1.60. The van der Waals surface area contributed by atoms with Crippen LogP contribution in [0.4, 0.5) is 18.0 Å². The SMILES string of the molecule is CC1(C)CC(=O)C2=C(C1)NC1NC(=O)NC(=O)C1C2c1ccc(-c2cccc(C(F)(F)F)c2)o1. The van der Waals surface area contributed by atoms with E-state index in [0.717, 1.165) is 12.1 Å². The standard InChI is InChI=1S/C24H22F3N3O4/c1-23(2)9-13-17(14(31)10-23)18(19-20(28-13)29-22(33)30-21(19)32)16-7-6-15(34-16)11-4-3-5-12(8-11)24(25,26)27/h3-8,18-20,28H,9-10H2,1-2H3,(H2,29,30,32,33).